The molecule has 3 aromatic carbocycles. The fourth-order valence-electron chi connectivity index (χ4n) is 3.12. The molecule has 1 fully saturated rings. The van der Waals surface area contributed by atoms with E-state index in [0.717, 1.165) is 33.5 Å². The van der Waals surface area contributed by atoms with Gasteiger partial charge in [0.1, 0.15) is 12.4 Å². The number of carbonyl (C=O) groups excluding carboxylic acids is 2. The van der Waals surface area contributed by atoms with Crippen LogP contribution in [0, 0.1) is 12.3 Å². The molecule has 1 aliphatic rings. The maximum atomic E-state index is 12.2. The van der Waals surface area contributed by atoms with Gasteiger partial charge in [0, 0.05) is 0 Å². The zero-order valence-corrected chi connectivity index (χ0v) is 16.3. The predicted molar refractivity (Wildman–Crippen MR) is 116 cm³/mol. The molecule has 0 saturated carbocycles. The number of amides is 2. The first-order chi connectivity index (χ1) is 14.2. The van der Waals surface area contributed by atoms with E-state index < -0.39 is 0 Å². The van der Waals surface area contributed by atoms with Crippen LogP contribution >= 0.6 is 11.8 Å². The Morgan fingerprint density at radius 2 is 1.76 bits per heavy atom. The number of ether oxygens (including phenoxy) is 1. The number of nitrogens with zero attached hydrogens (tertiary/aromatic N) is 1. The minimum atomic E-state index is -0.353. The van der Waals surface area contributed by atoms with Crippen molar-refractivity contribution < 1.29 is 14.3 Å². The molecule has 4 nitrogen and oxygen atoms in total. The average Bonchev–Trinajstić information content (AvgIpc) is 3.01. The van der Waals surface area contributed by atoms with E-state index in [-0.39, 0.29) is 17.7 Å². The highest BCUT2D eigenvalue weighted by Crippen LogP contribution is 2.32. The summed E-state index contributed by atoms with van der Waals surface area (Å²) in [6.45, 7) is 0.453. The summed E-state index contributed by atoms with van der Waals surface area (Å²) < 4.78 is 5.93. The summed E-state index contributed by atoms with van der Waals surface area (Å²) in [6, 6.07) is 21.8. The largest absolute Gasteiger partial charge is 0.489 e. The van der Waals surface area contributed by atoms with Gasteiger partial charge in [0.2, 0.25) is 0 Å². The molecule has 142 valence electrons. The lowest BCUT2D eigenvalue weighted by Gasteiger charge is -2.09. The van der Waals surface area contributed by atoms with Crippen LogP contribution in [0.2, 0.25) is 0 Å². The van der Waals surface area contributed by atoms with Crippen molar-refractivity contribution in [3.05, 3.63) is 82.8 Å². The summed E-state index contributed by atoms with van der Waals surface area (Å²) in [4.78, 5) is 25.5. The number of carbonyl (C=O) groups is 2. The highest BCUT2D eigenvalue weighted by molar-refractivity contribution is 8.18. The van der Waals surface area contributed by atoms with Gasteiger partial charge in [-0.1, -0.05) is 60.5 Å². The molecule has 0 N–H and O–H groups in total. The number of terminal acetylenes is 1. The molecule has 0 spiro atoms. The summed E-state index contributed by atoms with van der Waals surface area (Å²) >= 11 is 0.901. The SMILES string of the molecule is C#CCN1C(=O)SC(=Cc2ccc(OCc3cccc4ccccc34)cc2)C1=O. The Morgan fingerprint density at radius 1 is 1.00 bits per heavy atom. The summed E-state index contributed by atoms with van der Waals surface area (Å²) in [5, 5.41) is 2.02. The Hall–Kier alpha value is -3.49. The van der Waals surface area contributed by atoms with Crippen LogP contribution in [0.3, 0.4) is 0 Å². The van der Waals surface area contributed by atoms with E-state index in [9.17, 15) is 9.59 Å². The molecular weight excluding hydrogens is 382 g/mol. The lowest BCUT2D eigenvalue weighted by Crippen LogP contribution is -2.28. The maximum absolute atomic E-state index is 12.2. The first-order valence-electron chi connectivity index (χ1n) is 9.04. The minimum absolute atomic E-state index is 0.0110. The number of rotatable bonds is 5. The van der Waals surface area contributed by atoms with Crippen molar-refractivity contribution >= 4 is 39.8 Å². The lowest BCUT2D eigenvalue weighted by molar-refractivity contribution is -0.122. The van der Waals surface area contributed by atoms with Crippen LogP contribution in [0.4, 0.5) is 4.79 Å². The third kappa shape index (κ3) is 4.03. The van der Waals surface area contributed by atoms with Gasteiger partial charge < -0.3 is 4.74 Å². The molecule has 0 aliphatic carbocycles. The van der Waals surface area contributed by atoms with Crippen molar-refractivity contribution in [3.63, 3.8) is 0 Å². The van der Waals surface area contributed by atoms with Crippen LogP contribution in [0.5, 0.6) is 5.75 Å². The van der Waals surface area contributed by atoms with Gasteiger partial charge in [-0.2, -0.15) is 0 Å². The zero-order chi connectivity index (χ0) is 20.2. The zero-order valence-electron chi connectivity index (χ0n) is 15.5. The first kappa shape index (κ1) is 18.9. The molecule has 0 bridgehead atoms. The molecule has 0 atom stereocenters. The van der Waals surface area contributed by atoms with Crippen molar-refractivity contribution in [1.29, 1.82) is 0 Å². The minimum Gasteiger partial charge on any atom is -0.489 e. The Labute approximate surface area is 173 Å². The van der Waals surface area contributed by atoms with E-state index in [1.807, 2.05) is 42.5 Å². The monoisotopic (exact) mass is 399 g/mol. The summed E-state index contributed by atoms with van der Waals surface area (Å²) in [7, 11) is 0. The molecule has 29 heavy (non-hydrogen) atoms. The van der Waals surface area contributed by atoms with Gasteiger partial charge in [-0.15, -0.1) is 6.42 Å². The van der Waals surface area contributed by atoms with E-state index in [1.165, 1.54) is 10.8 Å². The maximum Gasteiger partial charge on any atom is 0.294 e. The molecular formula is C24H17NO3S. The smallest absolute Gasteiger partial charge is 0.294 e. The third-order valence-corrected chi connectivity index (χ3v) is 5.48. The first-order valence-corrected chi connectivity index (χ1v) is 9.86. The summed E-state index contributed by atoms with van der Waals surface area (Å²) in [6.07, 6.45) is 6.90. The van der Waals surface area contributed by atoms with E-state index in [4.69, 9.17) is 11.2 Å². The van der Waals surface area contributed by atoms with Gasteiger partial charge in [-0.05, 0) is 51.9 Å². The van der Waals surface area contributed by atoms with Gasteiger partial charge in [0.15, 0.2) is 0 Å². The normalized spacial score (nSPS) is 15.1. The van der Waals surface area contributed by atoms with Crippen molar-refractivity contribution in [3.8, 4) is 18.1 Å². The quantitative estimate of drug-likeness (QED) is 0.443. The number of benzene rings is 3. The second kappa shape index (κ2) is 8.26. The van der Waals surface area contributed by atoms with Crippen molar-refractivity contribution in [2.24, 2.45) is 0 Å². The molecule has 5 heteroatoms. The van der Waals surface area contributed by atoms with Gasteiger partial charge in [-0.3, -0.25) is 14.5 Å². The molecule has 4 rings (SSSR count). The molecule has 0 unspecified atom stereocenters. The third-order valence-electron chi connectivity index (χ3n) is 4.58. The number of thioether (sulfide) groups is 1. The lowest BCUT2D eigenvalue weighted by atomic mass is 10.1. The van der Waals surface area contributed by atoms with E-state index in [2.05, 4.69) is 30.2 Å². The Balaban J connectivity index is 1.45. The van der Waals surface area contributed by atoms with Crippen LogP contribution in [-0.2, 0) is 11.4 Å². The number of hydrogen-bond acceptors (Lipinski definition) is 4. The van der Waals surface area contributed by atoms with Crippen LogP contribution in [0.25, 0.3) is 16.8 Å². The topological polar surface area (TPSA) is 46.6 Å². The number of imide groups is 1. The Morgan fingerprint density at radius 3 is 2.55 bits per heavy atom. The fourth-order valence-corrected chi connectivity index (χ4v) is 3.96. The van der Waals surface area contributed by atoms with Crippen LogP contribution in [0.15, 0.2) is 71.6 Å². The predicted octanol–water partition coefficient (Wildman–Crippen LogP) is 5.09. The molecule has 0 radical (unpaired) electrons. The van der Waals surface area contributed by atoms with Gasteiger partial charge in [-0.25, -0.2) is 0 Å². The van der Waals surface area contributed by atoms with Gasteiger partial charge >= 0.3 is 0 Å². The van der Waals surface area contributed by atoms with E-state index in [0.29, 0.717) is 11.5 Å². The highest BCUT2D eigenvalue weighted by atomic mass is 32.2. The standard InChI is InChI=1S/C24H17NO3S/c1-2-14-25-23(26)22(29-24(25)27)15-17-10-12-20(13-11-17)28-16-19-8-5-7-18-6-3-4-9-21(18)19/h1,3-13,15H,14,16H2. The molecule has 1 saturated heterocycles. The molecule has 1 heterocycles. The van der Waals surface area contributed by atoms with E-state index in [1.54, 1.807) is 6.08 Å². The van der Waals surface area contributed by atoms with Crippen molar-refractivity contribution in [2.75, 3.05) is 6.54 Å². The average molecular weight is 399 g/mol. The van der Waals surface area contributed by atoms with E-state index >= 15 is 0 Å². The number of fused-ring (bicyclic) bond motifs is 1. The van der Waals surface area contributed by atoms with Crippen LogP contribution in [0.1, 0.15) is 11.1 Å². The Kier molecular flexibility index (Phi) is 5.37. The molecule has 1 aliphatic heterocycles. The molecule has 0 aromatic heterocycles. The van der Waals surface area contributed by atoms with Gasteiger partial charge in [0.05, 0.1) is 11.4 Å². The molecule has 3 aromatic rings. The number of hydrogen-bond donors (Lipinski definition) is 0. The van der Waals surface area contributed by atoms with Crippen LogP contribution < -0.4 is 4.74 Å². The Bertz CT molecular complexity index is 1150. The second-order valence-electron chi connectivity index (χ2n) is 6.47. The molecule has 2 amide bonds. The van der Waals surface area contributed by atoms with Gasteiger partial charge in [0.25, 0.3) is 11.1 Å². The van der Waals surface area contributed by atoms with Crippen molar-refractivity contribution in [1.82, 2.24) is 4.90 Å². The van der Waals surface area contributed by atoms with Crippen molar-refractivity contribution in [2.45, 2.75) is 6.61 Å². The van der Waals surface area contributed by atoms with Crippen LogP contribution in [-0.4, -0.2) is 22.6 Å². The summed E-state index contributed by atoms with van der Waals surface area (Å²) in [5.74, 6) is 2.71. The highest BCUT2D eigenvalue weighted by Gasteiger charge is 2.34. The summed E-state index contributed by atoms with van der Waals surface area (Å²) in [5.41, 5.74) is 1.93. The fraction of sp³-hybridized carbons (Fsp3) is 0.0833. The second-order valence-corrected chi connectivity index (χ2v) is 7.46.